The van der Waals surface area contributed by atoms with Crippen LogP contribution < -0.4 is 5.43 Å². The molecule has 40 heavy (non-hydrogen) atoms. The highest BCUT2D eigenvalue weighted by Crippen LogP contribution is 2.34. The van der Waals surface area contributed by atoms with Gasteiger partial charge in [-0.3, -0.25) is 10.2 Å². The molecule has 1 amide bonds. The summed E-state index contributed by atoms with van der Waals surface area (Å²) in [5.74, 6) is -1.26. The summed E-state index contributed by atoms with van der Waals surface area (Å²) in [7, 11) is 0. The number of nitrogens with one attached hydrogen (secondary N) is 1. The zero-order valence-corrected chi connectivity index (χ0v) is 22.7. The maximum absolute atomic E-state index is 15.6. The largest absolute Gasteiger partial charge is 0.477 e. The average molecular weight is 542 g/mol. The third kappa shape index (κ3) is 5.19. The van der Waals surface area contributed by atoms with Crippen molar-refractivity contribution in [2.45, 2.75) is 52.0 Å². The van der Waals surface area contributed by atoms with Gasteiger partial charge in [0.2, 0.25) is 0 Å². The van der Waals surface area contributed by atoms with E-state index in [4.69, 9.17) is 4.99 Å². The third-order valence-electron chi connectivity index (χ3n) is 7.52. The molecule has 206 valence electrons. The molecule has 2 aromatic rings. The minimum atomic E-state index is -1.15. The van der Waals surface area contributed by atoms with Gasteiger partial charge >= 0.3 is 5.97 Å². The molecular weight excluding hydrogens is 509 g/mol. The first-order chi connectivity index (χ1) is 19.3. The Kier molecular flexibility index (Phi) is 7.64. The Balaban J connectivity index is 1.51. The fourth-order valence-electron chi connectivity index (χ4n) is 5.31. The summed E-state index contributed by atoms with van der Waals surface area (Å²) in [5, 5.41) is 11.0. The predicted molar refractivity (Wildman–Crippen MR) is 152 cm³/mol. The summed E-state index contributed by atoms with van der Waals surface area (Å²) in [6.45, 7) is 8.68. The van der Waals surface area contributed by atoms with Gasteiger partial charge in [-0.05, 0) is 73.7 Å². The van der Waals surface area contributed by atoms with Crippen LogP contribution in [0.3, 0.4) is 0 Å². The molecule has 8 nitrogen and oxygen atoms in total. The Hall–Kier alpha value is -4.53. The minimum Gasteiger partial charge on any atom is -0.477 e. The number of hydrogen-bond donors (Lipinski definition) is 2. The number of carbonyl (C=O) groups excluding carboxylic acids is 1. The highest BCUT2D eigenvalue weighted by molar-refractivity contribution is 6.44. The lowest BCUT2D eigenvalue weighted by atomic mass is 9.96. The van der Waals surface area contributed by atoms with E-state index in [-0.39, 0.29) is 17.6 Å². The van der Waals surface area contributed by atoms with Crippen LogP contribution in [-0.2, 0) is 4.79 Å². The van der Waals surface area contributed by atoms with Gasteiger partial charge in [-0.1, -0.05) is 38.5 Å². The molecule has 0 unspecified atom stereocenters. The van der Waals surface area contributed by atoms with Crippen LogP contribution in [0.5, 0.6) is 0 Å². The number of pyridine rings is 1. The van der Waals surface area contributed by atoms with Crippen molar-refractivity contribution < 1.29 is 19.1 Å². The minimum absolute atomic E-state index is 0.111. The van der Waals surface area contributed by atoms with E-state index in [9.17, 15) is 14.7 Å². The number of rotatable bonds is 6. The van der Waals surface area contributed by atoms with Gasteiger partial charge in [-0.25, -0.2) is 24.2 Å². The number of hydrogen-bond acceptors (Lipinski definition) is 6. The number of likely N-dealkylation sites (tertiary alicyclic amines) is 1. The Morgan fingerprint density at radius 3 is 2.70 bits per heavy atom. The number of amides is 1. The summed E-state index contributed by atoms with van der Waals surface area (Å²) >= 11 is 0. The number of aromatic nitrogens is 1. The second kappa shape index (κ2) is 11.3. The number of hydrazine groups is 1. The fraction of sp³-hybridized carbons (Fsp3) is 0.290. The van der Waals surface area contributed by atoms with Gasteiger partial charge in [0.05, 0.1) is 5.70 Å². The van der Waals surface area contributed by atoms with Gasteiger partial charge in [-0.15, -0.1) is 0 Å². The van der Waals surface area contributed by atoms with Crippen LogP contribution in [0.25, 0.3) is 16.7 Å². The molecule has 1 fully saturated rings. The van der Waals surface area contributed by atoms with Crippen molar-refractivity contribution in [3.63, 3.8) is 0 Å². The Morgan fingerprint density at radius 1 is 1.18 bits per heavy atom. The maximum atomic E-state index is 15.6. The second-order valence-electron chi connectivity index (χ2n) is 10.1. The maximum Gasteiger partial charge on any atom is 0.354 e. The van der Waals surface area contributed by atoms with Gasteiger partial charge in [0.15, 0.2) is 5.82 Å². The zero-order chi connectivity index (χ0) is 28.4. The molecule has 1 aromatic carbocycles. The van der Waals surface area contributed by atoms with Crippen LogP contribution in [0.1, 0.15) is 62.0 Å². The van der Waals surface area contributed by atoms with Crippen molar-refractivity contribution >= 4 is 23.2 Å². The summed E-state index contributed by atoms with van der Waals surface area (Å²) < 4.78 is 15.6. The molecule has 3 aliphatic heterocycles. The monoisotopic (exact) mass is 541 g/mol. The SMILES string of the molecule is C=CC1=CC(C(=O)N2CCCCC[C@H]2C)=NC2=CC(c3ccc(-c4ccnc(C(=O)O)c4)cc3F)=C(CC)NN12. The van der Waals surface area contributed by atoms with Crippen molar-refractivity contribution in [2.24, 2.45) is 4.99 Å². The number of benzene rings is 1. The first kappa shape index (κ1) is 27.1. The van der Waals surface area contributed by atoms with Gasteiger partial charge in [0.1, 0.15) is 17.2 Å². The van der Waals surface area contributed by atoms with E-state index in [2.05, 4.69) is 23.9 Å². The number of allylic oxidation sites excluding steroid dienone is 4. The molecule has 0 radical (unpaired) electrons. The van der Waals surface area contributed by atoms with Crippen LogP contribution >= 0.6 is 0 Å². The van der Waals surface area contributed by atoms with Crippen molar-refractivity contribution in [3.8, 4) is 11.1 Å². The van der Waals surface area contributed by atoms with Gasteiger partial charge in [-0.2, -0.15) is 0 Å². The first-order valence-electron chi connectivity index (χ1n) is 13.6. The van der Waals surface area contributed by atoms with Crippen molar-refractivity contribution in [2.75, 3.05) is 6.54 Å². The lowest BCUT2D eigenvalue weighted by Crippen LogP contribution is -2.45. The predicted octanol–water partition coefficient (Wildman–Crippen LogP) is 5.68. The van der Waals surface area contributed by atoms with E-state index in [0.717, 1.165) is 31.4 Å². The zero-order valence-electron chi connectivity index (χ0n) is 22.7. The normalized spacial score (nSPS) is 19.1. The smallest absolute Gasteiger partial charge is 0.354 e. The van der Waals surface area contributed by atoms with Crippen LogP contribution in [0, 0.1) is 5.82 Å². The lowest BCUT2D eigenvalue weighted by Gasteiger charge is -2.36. The number of aromatic carboxylic acids is 1. The lowest BCUT2D eigenvalue weighted by molar-refractivity contribution is -0.125. The molecular formula is C31H32FN5O3. The molecule has 4 heterocycles. The summed E-state index contributed by atoms with van der Waals surface area (Å²) in [4.78, 5) is 35.3. The van der Waals surface area contributed by atoms with E-state index in [1.165, 1.54) is 18.3 Å². The highest BCUT2D eigenvalue weighted by atomic mass is 19.1. The number of nitrogens with zero attached hydrogens (tertiary/aromatic N) is 4. The Labute approximate surface area is 232 Å². The van der Waals surface area contributed by atoms with Crippen molar-refractivity contribution in [1.82, 2.24) is 20.3 Å². The number of halogens is 1. The topological polar surface area (TPSA) is 98.1 Å². The van der Waals surface area contributed by atoms with Crippen LogP contribution in [0.4, 0.5) is 4.39 Å². The Morgan fingerprint density at radius 2 is 1.98 bits per heavy atom. The van der Waals surface area contributed by atoms with E-state index < -0.39 is 11.8 Å². The first-order valence-corrected chi connectivity index (χ1v) is 13.6. The quantitative estimate of drug-likeness (QED) is 0.488. The molecule has 1 aromatic heterocycles. The molecule has 0 saturated carbocycles. The average Bonchev–Trinajstić information content (AvgIpc) is 3.19. The molecule has 0 bridgehead atoms. The molecule has 0 spiro atoms. The molecule has 2 N–H and O–H groups in total. The van der Waals surface area contributed by atoms with Gasteiger partial charge in [0, 0.05) is 35.6 Å². The van der Waals surface area contributed by atoms with E-state index >= 15 is 4.39 Å². The standard InChI is InChI=1S/C31H32FN5O3/c1-4-22-17-27(30(38)36-14-8-6-7-9-19(36)3)34-29-18-24(26(5-2)35-37(22)29)23-11-10-20(15-25(23)32)21-12-13-33-28(16-21)31(39)40/h4,10-13,15-19,35H,1,5-9,14H2,2-3H3,(H,39,40)/t19-/m1/s1. The van der Waals surface area contributed by atoms with Crippen LogP contribution in [-0.4, -0.2) is 50.2 Å². The van der Waals surface area contributed by atoms with Crippen molar-refractivity contribution in [1.29, 1.82) is 0 Å². The highest BCUT2D eigenvalue weighted by Gasteiger charge is 2.31. The number of carbonyl (C=O) groups is 2. The Bertz CT molecular complexity index is 1510. The summed E-state index contributed by atoms with van der Waals surface area (Å²) in [5.41, 5.74) is 7.11. The molecule has 3 aliphatic rings. The molecule has 1 atom stereocenters. The molecule has 9 heteroatoms. The number of aliphatic imine (C=N–C) groups is 1. The van der Waals surface area contributed by atoms with E-state index in [0.29, 0.717) is 52.5 Å². The van der Waals surface area contributed by atoms with Gasteiger partial charge in [0.25, 0.3) is 5.91 Å². The fourth-order valence-corrected chi connectivity index (χ4v) is 5.31. The second-order valence-corrected chi connectivity index (χ2v) is 10.1. The molecule has 1 saturated heterocycles. The van der Waals surface area contributed by atoms with E-state index in [1.807, 2.05) is 11.8 Å². The summed E-state index contributed by atoms with van der Waals surface area (Å²) in [6, 6.07) is 8.00. The van der Waals surface area contributed by atoms with Gasteiger partial charge < -0.3 is 10.0 Å². The van der Waals surface area contributed by atoms with Crippen LogP contribution in [0.2, 0.25) is 0 Å². The summed E-state index contributed by atoms with van der Waals surface area (Å²) in [6.07, 6.45) is 11.3. The number of carboxylic acids is 1. The van der Waals surface area contributed by atoms with Crippen LogP contribution in [0.15, 0.2) is 83.5 Å². The number of carboxylic acid groups (broad SMARTS) is 1. The van der Waals surface area contributed by atoms with E-state index in [1.54, 1.807) is 41.4 Å². The molecule has 0 aliphatic carbocycles. The molecule has 5 rings (SSSR count). The van der Waals surface area contributed by atoms with Crippen molar-refractivity contribution in [3.05, 3.63) is 95.6 Å². The third-order valence-corrected chi connectivity index (χ3v) is 7.52. The number of fused-ring (bicyclic) bond motifs is 1.